The summed E-state index contributed by atoms with van der Waals surface area (Å²) in [6, 6.07) is 7.70. The molecule has 110 valence electrons. The third kappa shape index (κ3) is 2.06. The van der Waals surface area contributed by atoms with Crippen LogP contribution in [-0.2, 0) is 4.79 Å². The first kappa shape index (κ1) is 13.2. The molecule has 3 aliphatic rings. The van der Waals surface area contributed by atoms with E-state index in [2.05, 4.69) is 5.32 Å². The van der Waals surface area contributed by atoms with Crippen molar-refractivity contribution in [3.8, 4) is 0 Å². The fraction of sp³-hybridized carbons (Fsp3) is 0.500. The minimum atomic E-state index is -0.319. The first-order chi connectivity index (χ1) is 10.3. The third-order valence-corrected chi connectivity index (χ3v) is 6.00. The third-order valence-electron chi connectivity index (χ3n) is 4.70. The van der Waals surface area contributed by atoms with Gasteiger partial charge in [-0.3, -0.25) is 9.59 Å². The van der Waals surface area contributed by atoms with Gasteiger partial charge in [0.25, 0.3) is 5.91 Å². The maximum Gasteiger partial charge on any atom is 0.256 e. The lowest BCUT2D eigenvalue weighted by Crippen LogP contribution is -2.48. The number of rotatable bonds is 2. The lowest BCUT2D eigenvalue weighted by molar-refractivity contribution is -0.125. The number of nitrogens with one attached hydrogen (secondary N) is 1. The summed E-state index contributed by atoms with van der Waals surface area (Å²) >= 11 is 1.70. The molecule has 2 atom stereocenters. The molecule has 1 aromatic carbocycles. The highest BCUT2D eigenvalue weighted by molar-refractivity contribution is 7.99. The summed E-state index contributed by atoms with van der Waals surface area (Å²) in [6.45, 7) is 0. The predicted octanol–water partition coefficient (Wildman–Crippen LogP) is 2.32. The zero-order valence-electron chi connectivity index (χ0n) is 11.7. The minimum absolute atomic E-state index is 0.00664. The molecular formula is C16H18N2O2S. The van der Waals surface area contributed by atoms with Crippen LogP contribution in [0.15, 0.2) is 24.3 Å². The van der Waals surface area contributed by atoms with Gasteiger partial charge in [0, 0.05) is 17.4 Å². The quantitative estimate of drug-likeness (QED) is 0.912. The second-order valence-corrected chi connectivity index (χ2v) is 7.10. The minimum Gasteiger partial charge on any atom is -0.352 e. The van der Waals surface area contributed by atoms with Crippen LogP contribution in [0, 0.1) is 0 Å². The standard InChI is InChI=1S/C16H18N2O2S/c19-14(17-10-5-1-2-6-10)13-9-21-16-12-8-4-3-7-11(12)15(20)18(13)16/h3-4,7-8,10,13,16H,1-2,5-6,9H2,(H,17,19)/t13-,16-/m1/s1. The lowest BCUT2D eigenvalue weighted by atomic mass is 10.1. The predicted molar refractivity (Wildman–Crippen MR) is 82.0 cm³/mol. The Bertz CT molecular complexity index is 598. The van der Waals surface area contributed by atoms with Crippen LogP contribution in [0.4, 0.5) is 0 Å². The van der Waals surface area contributed by atoms with Gasteiger partial charge in [-0.2, -0.15) is 0 Å². The number of hydrogen-bond donors (Lipinski definition) is 1. The number of hydrogen-bond acceptors (Lipinski definition) is 3. The van der Waals surface area contributed by atoms with Gasteiger partial charge in [-0.05, 0) is 24.5 Å². The molecule has 1 aromatic rings. The summed E-state index contributed by atoms with van der Waals surface area (Å²) in [5, 5.41) is 3.16. The Balaban J connectivity index is 1.55. The molecule has 0 radical (unpaired) electrons. The Labute approximate surface area is 128 Å². The summed E-state index contributed by atoms with van der Waals surface area (Å²) in [4.78, 5) is 26.9. The van der Waals surface area contributed by atoms with Gasteiger partial charge in [0.15, 0.2) is 0 Å². The highest BCUT2D eigenvalue weighted by Gasteiger charge is 2.48. The summed E-state index contributed by atoms with van der Waals surface area (Å²) in [6.07, 6.45) is 4.54. The number of amides is 2. The molecule has 0 spiro atoms. The van der Waals surface area contributed by atoms with Gasteiger partial charge in [-0.15, -0.1) is 11.8 Å². The van der Waals surface area contributed by atoms with Crippen molar-refractivity contribution in [3.05, 3.63) is 35.4 Å². The summed E-state index contributed by atoms with van der Waals surface area (Å²) in [7, 11) is 0. The van der Waals surface area contributed by atoms with Gasteiger partial charge in [0.2, 0.25) is 5.91 Å². The van der Waals surface area contributed by atoms with E-state index in [4.69, 9.17) is 0 Å². The van der Waals surface area contributed by atoms with Crippen molar-refractivity contribution in [2.75, 3.05) is 5.75 Å². The number of thioether (sulfide) groups is 1. The second kappa shape index (κ2) is 5.05. The number of carbonyl (C=O) groups excluding carboxylic acids is 2. The van der Waals surface area contributed by atoms with E-state index in [0.29, 0.717) is 11.8 Å². The molecule has 4 nitrogen and oxygen atoms in total. The molecule has 2 aliphatic heterocycles. The second-order valence-electron chi connectivity index (χ2n) is 5.99. The van der Waals surface area contributed by atoms with Crippen molar-refractivity contribution in [1.82, 2.24) is 10.2 Å². The zero-order chi connectivity index (χ0) is 14.4. The molecular weight excluding hydrogens is 284 g/mol. The first-order valence-corrected chi connectivity index (χ1v) is 8.64. The normalized spacial score (nSPS) is 27.8. The highest BCUT2D eigenvalue weighted by atomic mass is 32.2. The number of fused-ring (bicyclic) bond motifs is 3. The van der Waals surface area contributed by atoms with Crippen molar-refractivity contribution in [2.45, 2.75) is 43.1 Å². The highest BCUT2D eigenvalue weighted by Crippen LogP contribution is 2.48. The first-order valence-electron chi connectivity index (χ1n) is 7.59. The largest absolute Gasteiger partial charge is 0.352 e. The van der Waals surface area contributed by atoms with Gasteiger partial charge < -0.3 is 10.2 Å². The van der Waals surface area contributed by atoms with E-state index in [1.807, 2.05) is 24.3 Å². The molecule has 4 rings (SSSR count). The Hall–Kier alpha value is -1.49. The van der Waals surface area contributed by atoms with Crippen LogP contribution in [0.5, 0.6) is 0 Å². The van der Waals surface area contributed by atoms with E-state index >= 15 is 0 Å². The molecule has 1 aliphatic carbocycles. The number of carbonyl (C=O) groups is 2. The molecule has 21 heavy (non-hydrogen) atoms. The molecule has 2 amide bonds. The van der Waals surface area contributed by atoms with E-state index in [-0.39, 0.29) is 23.2 Å². The fourth-order valence-electron chi connectivity index (χ4n) is 3.61. The van der Waals surface area contributed by atoms with Crippen LogP contribution < -0.4 is 5.32 Å². The maximum absolute atomic E-state index is 12.6. The molecule has 2 fully saturated rings. The zero-order valence-corrected chi connectivity index (χ0v) is 12.6. The number of nitrogens with zero attached hydrogens (tertiary/aromatic N) is 1. The van der Waals surface area contributed by atoms with Gasteiger partial charge >= 0.3 is 0 Å². The van der Waals surface area contributed by atoms with Crippen LogP contribution in [0.2, 0.25) is 0 Å². The molecule has 2 heterocycles. The number of benzene rings is 1. The smallest absolute Gasteiger partial charge is 0.256 e. The van der Waals surface area contributed by atoms with Crippen LogP contribution in [0.1, 0.15) is 47.0 Å². The molecule has 1 N–H and O–H groups in total. The Morgan fingerprint density at radius 1 is 1.24 bits per heavy atom. The van der Waals surface area contributed by atoms with Crippen LogP contribution in [0.3, 0.4) is 0 Å². The van der Waals surface area contributed by atoms with Crippen LogP contribution in [-0.4, -0.2) is 34.6 Å². The summed E-state index contributed by atoms with van der Waals surface area (Å²) < 4.78 is 0. The fourth-order valence-corrected chi connectivity index (χ4v) is 5.07. The van der Waals surface area contributed by atoms with Crippen LogP contribution in [0.25, 0.3) is 0 Å². The van der Waals surface area contributed by atoms with Crippen LogP contribution >= 0.6 is 11.8 Å². The van der Waals surface area contributed by atoms with Gasteiger partial charge in [-0.1, -0.05) is 31.0 Å². The molecule has 0 aromatic heterocycles. The Morgan fingerprint density at radius 2 is 2.00 bits per heavy atom. The van der Waals surface area contributed by atoms with Crippen molar-refractivity contribution in [3.63, 3.8) is 0 Å². The van der Waals surface area contributed by atoms with Crippen molar-refractivity contribution >= 4 is 23.6 Å². The average Bonchev–Trinajstić information content (AvgIpc) is 3.19. The molecule has 5 heteroatoms. The van der Waals surface area contributed by atoms with Gasteiger partial charge in [-0.25, -0.2) is 0 Å². The monoisotopic (exact) mass is 302 g/mol. The maximum atomic E-state index is 12.6. The van der Waals surface area contributed by atoms with Gasteiger partial charge in [0.05, 0.1) is 0 Å². The van der Waals surface area contributed by atoms with E-state index in [0.717, 1.165) is 24.0 Å². The van der Waals surface area contributed by atoms with E-state index in [1.165, 1.54) is 12.8 Å². The van der Waals surface area contributed by atoms with Crippen molar-refractivity contribution in [2.24, 2.45) is 0 Å². The van der Waals surface area contributed by atoms with E-state index in [9.17, 15) is 9.59 Å². The van der Waals surface area contributed by atoms with Crippen molar-refractivity contribution < 1.29 is 9.59 Å². The average molecular weight is 302 g/mol. The van der Waals surface area contributed by atoms with E-state index in [1.54, 1.807) is 16.7 Å². The molecule has 0 bridgehead atoms. The molecule has 1 saturated heterocycles. The van der Waals surface area contributed by atoms with Gasteiger partial charge in [0.1, 0.15) is 11.4 Å². The van der Waals surface area contributed by atoms with Crippen molar-refractivity contribution in [1.29, 1.82) is 0 Å². The topological polar surface area (TPSA) is 49.4 Å². The Morgan fingerprint density at radius 3 is 2.81 bits per heavy atom. The Kier molecular flexibility index (Phi) is 3.17. The SMILES string of the molecule is O=C(NC1CCCC1)[C@H]1CS[C@@H]2c3ccccc3C(=O)N12. The lowest BCUT2D eigenvalue weighted by Gasteiger charge is -2.24. The molecule has 0 unspecified atom stereocenters. The van der Waals surface area contributed by atoms with E-state index < -0.39 is 0 Å². The summed E-state index contributed by atoms with van der Waals surface area (Å²) in [5.41, 5.74) is 1.82. The molecule has 1 saturated carbocycles. The summed E-state index contributed by atoms with van der Waals surface area (Å²) in [5.74, 6) is 0.730.